The molecule has 0 saturated carbocycles. The van der Waals surface area contributed by atoms with E-state index in [0.29, 0.717) is 24.4 Å². The van der Waals surface area contributed by atoms with Gasteiger partial charge in [-0.15, -0.1) is 11.3 Å². The van der Waals surface area contributed by atoms with Crippen LogP contribution in [0.5, 0.6) is 5.75 Å². The lowest BCUT2D eigenvalue weighted by Gasteiger charge is -2.35. The van der Waals surface area contributed by atoms with Crippen molar-refractivity contribution in [1.29, 1.82) is 0 Å². The number of hydrogen-bond acceptors (Lipinski definition) is 6. The first-order valence-electron chi connectivity index (χ1n) is 10.3. The van der Waals surface area contributed by atoms with Gasteiger partial charge >= 0.3 is 6.03 Å². The lowest BCUT2D eigenvalue weighted by Crippen LogP contribution is -2.51. The van der Waals surface area contributed by atoms with Gasteiger partial charge < -0.3 is 15.0 Å². The van der Waals surface area contributed by atoms with E-state index in [1.54, 1.807) is 54.5 Å². The number of benzene rings is 1. The molecule has 2 aromatic rings. The Morgan fingerprint density at radius 2 is 1.81 bits per heavy atom. The van der Waals surface area contributed by atoms with E-state index < -0.39 is 17.5 Å². The second-order valence-electron chi connectivity index (χ2n) is 8.04. The molecule has 0 spiro atoms. The number of piperazine rings is 1. The fourth-order valence-electron chi connectivity index (χ4n) is 4.01. The van der Waals surface area contributed by atoms with Gasteiger partial charge in [0.1, 0.15) is 17.8 Å². The van der Waals surface area contributed by atoms with Gasteiger partial charge in [0.05, 0.1) is 11.4 Å². The Hall–Kier alpha value is -2.62. The molecule has 8 nitrogen and oxygen atoms in total. The SMILES string of the molecule is COc1ccc(C2(C)NC(=O)N(CC(=O)N3CCN(Cc4ccc(Cl)s4)CC3)C2=O)cc1. The summed E-state index contributed by atoms with van der Waals surface area (Å²) in [5, 5.41) is 2.74. The molecule has 4 rings (SSSR count). The second-order valence-corrected chi connectivity index (χ2v) is 9.84. The summed E-state index contributed by atoms with van der Waals surface area (Å²) in [6.45, 7) is 4.74. The highest BCUT2D eigenvalue weighted by Crippen LogP contribution is 2.30. The molecule has 1 aromatic carbocycles. The molecule has 1 aromatic heterocycles. The first-order valence-corrected chi connectivity index (χ1v) is 11.5. The van der Waals surface area contributed by atoms with Crippen molar-refractivity contribution in [2.75, 3.05) is 39.8 Å². The van der Waals surface area contributed by atoms with Gasteiger partial charge in [0, 0.05) is 37.6 Å². The van der Waals surface area contributed by atoms with Gasteiger partial charge in [0.25, 0.3) is 5.91 Å². The molecular formula is C22H25ClN4O4S. The van der Waals surface area contributed by atoms with Crippen LogP contribution in [0.1, 0.15) is 17.4 Å². The van der Waals surface area contributed by atoms with Gasteiger partial charge in [-0.25, -0.2) is 4.79 Å². The number of imide groups is 1. The summed E-state index contributed by atoms with van der Waals surface area (Å²) in [5.41, 5.74) is -0.585. The molecule has 10 heteroatoms. The van der Waals surface area contributed by atoms with Gasteiger partial charge in [-0.05, 0) is 36.8 Å². The second kappa shape index (κ2) is 9.09. The van der Waals surface area contributed by atoms with Gasteiger partial charge in [0.2, 0.25) is 5.91 Å². The zero-order valence-electron chi connectivity index (χ0n) is 18.0. The number of methoxy groups -OCH3 is 1. The van der Waals surface area contributed by atoms with Crippen LogP contribution in [0.25, 0.3) is 0 Å². The Bertz CT molecular complexity index is 1020. The van der Waals surface area contributed by atoms with Crippen molar-refractivity contribution in [3.63, 3.8) is 0 Å². The van der Waals surface area contributed by atoms with Crippen molar-refractivity contribution in [2.45, 2.75) is 19.0 Å². The van der Waals surface area contributed by atoms with Crippen LogP contribution in [0, 0.1) is 0 Å². The first kappa shape index (κ1) is 22.6. The third kappa shape index (κ3) is 4.46. The number of rotatable bonds is 6. The van der Waals surface area contributed by atoms with Crippen LogP contribution in [-0.2, 0) is 21.7 Å². The monoisotopic (exact) mass is 476 g/mol. The Kier molecular flexibility index (Phi) is 6.41. The number of nitrogens with zero attached hydrogens (tertiary/aromatic N) is 3. The fraction of sp³-hybridized carbons (Fsp3) is 0.409. The maximum Gasteiger partial charge on any atom is 0.325 e. The molecule has 2 fully saturated rings. The summed E-state index contributed by atoms with van der Waals surface area (Å²) < 4.78 is 5.92. The van der Waals surface area contributed by atoms with Crippen LogP contribution in [0.3, 0.4) is 0 Å². The normalized spacial score (nSPS) is 21.7. The lowest BCUT2D eigenvalue weighted by molar-refractivity contribution is -0.139. The summed E-state index contributed by atoms with van der Waals surface area (Å²) in [5.74, 6) is -0.0111. The molecule has 32 heavy (non-hydrogen) atoms. The third-order valence-corrected chi connectivity index (χ3v) is 7.18. The van der Waals surface area contributed by atoms with E-state index >= 15 is 0 Å². The predicted octanol–water partition coefficient (Wildman–Crippen LogP) is 2.52. The number of hydrogen-bond donors (Lipinski definition) is 1. The molecule has 170 valence electrons. The largest absolute Gasteiger partial charge is 0.497 e. The van der Waals surface area contributed by atoms with E-state index in [1.165, 1.54) is 4.88 Å². The highest BCUT2D eigenvalue weighted by molar-refractivity contribution is 7.16. The topological polar surface area (TPSA) is 82.2 Å². The maximum atomic E-state index is 13.1. The molecule has 3 heterocycles. The maximum absolute atomic E-state index is 13.1. The lowest BCUT2D eigenvalue weighted by atomic mass is 9.92. The molecule has 1 atom stereocenters. The summed E-state index contributed by atoms with van der Waals surface area (Å²) >= 11 is 7.55. The zero-order chi connectivity index (χ0) is 22.9. The highest BCUT2D eigenvalue weighted by Gasteiger charge is 2.49. The van der Waals surface area contributed by atoms with Crippen LogP contribution in [-0.4, -0.2) is 72.4 Å². The average Bonchev–Trinajstić information content (AvgIpc) is 3.30. The molecule has 1 unspecified atom stereocenters. The molecule has 1 N–H and O–H groups in total. The van der Waals surface area contributed by atoms with E-state index in [4.69, 9.17) is 16.3 Å². The van der Waals surface area contributed by atoms with Crippen molar-refractivity contribution >= 4 is 40.8 Å². The molecule has 4 amide bonds. The highest BCUT2D eigenvalue weighted by atomic mass is 35.5. The predicted molar refractivity (Wildman–Crippen MR) is 122 cm³/mol. The quantitative estimate of drug-likeness (QED) is 0.648. The van der Waals surface area contributed by atoms with Crippen molar-refractivity contribution in [3.8, 4) is 5.75 Å². The number of ether oxygens (including phenoxy) is 1. The van der Waals surface area contributed by atoms with E-state index in [0.717, 1.165) is 28.9 Å². The number of amides is 4. The number of carbonyl (C=O) groups is 3. The minimum atomic E-state index is -1.22. The Labute approximate surface area is 195 Å². The van der Waals surface area contributed by atoms with Gasteiger partial charge in [-0.2, -0.15) is 0 Å². The average molecular weight is 477 g/mol. The van der Waals surface area contributed by atoms with E-state index in [1.807, 2.05) is 12.1 Å². The zero-order valence-corrected chi connectivity index (χ0v) is 19.5. The van der Waals surface area contributed by atoms with Crippen molar-refractivity contribution in [1.82, 2.24) is 20.0 Å². The third-order valence-electron chi connectivity index (χ3n) is 5.97. The Morgan fingerprint density at radius 1 is 1.12 bits per heavy atom. The molecule has 2 saturated heterocycles. The van der Waals surface area contributed by atoms with Crippen LogP contribution >= 0.6 is 22.9 Å². The van der Waals surface area contributed by atoms with Crippen molar-refractivity contribution in [3.05, 3.63) is 51.2 Å². The van der Waals surface area contributed by atoms with Crippen molar-refractivity contribution in [2.24, 2.45) is 0 Å². The van der Waals surface area contributed by atoms with Crippen LogP contribution < -0.4 is 10.1 Å². The fourth-order valence-corrected chi connectivity index (χ4v) is 5.14. The number of urea groups is 1. The summed E-state index contributed by atoms with van der Waals surface area (Å²) in [6, 6.07) is 10.3. The number of carbonyl (C=O) groups excluding carboxylic acids is 3. The minimum absolute atomic E-state index is 0.230. The summed E-state index contributed by atoms with van der Waals surface area (Å²) in [6.07, 6.45) is 0. The summed E-state index contributed by atoms with van der Waals surface area (Å²) in [7, 11) is 1.56. The molecule has 0 bridgehead atoms. The van der Waals surface area contributed by atoms with Crippen LogP contribution in [0.2, 0.25) is 4.34 Å². The number of nitrogens with one attached hydrogen (secondary N) is 1. The van der Waals surface area contributed by atoms with Crippen LogP contribution in [0.4, 0.5) is 4.79 Å². The molecule has 0 aliphatic carbocycles. The Balaban J connectivity index is 1.35. The summed E-state index contributed by atoms with van der Waals surface area (Å²) in [4.78, 5) is 44.7. The Morgan fingerprint density at radius 3 is 2.41 bits per heavy atom. The molecule has 2 aliphatic rings. The van der Waals surface area contributed by atoms with Crippen LogP contribution in [0.15, 0.2) is 36.4 Å². The van der Waals surface area contributed by atoms with E-state index in [9.17, 15) is 14.4 Å². The van der Waals surface area contributed by atoms with Gasteiger partial charge in [-0.1, -0.05) is 23.7 Å². The van der Waals surface area contributed by atoms with Gasteiger partial charge in [0.15, 0.2) is 0 Å². The van der Waals surface area contributed by atoms with E-state index in [2.05, 4.69) is 10.2 Å². The molecule has 0 radical (unpaired) electrons. The van der Waals surface area contributed by atoms with E-state index in [-0.39, 0.29) is 12.5 Å². The smallest absolute Gasteiger partial charge is 0.325 e. The molecule has 2 aliphatic heterocycles. The number of halogens is 1. The van der Waals surface area contributed by atoms with Crippen molar-refractivity contribution < 1.29 is 19.1 Å². The standard InChI is InChI=1S/C22H25ClN4O4S/c1-22(15-3-5-16(31-2)6-4-15)20(29)27(21(30)24-22)14-19(28)26-11-9-25(10-12-26)13-17-7-8-18(23)32-17/h3-8H,9-14H2,1-2H3,(H,24,30). The van der Waals surface area contributed by atoms with Gasteiger partial charge in [-0.3, -0.25) is 19.4 Å². The minimum Gasteiger partial charge on any atom is -0.497 e. The molecular weight excluding hydrogens is 452 g/mol. The number of thiophene rings is 1. The first-order chi connectivity index (χ1) is 15.3.